The maximum atomic E-state index is 14.0. The van der Waals surface area contributed by atoms with Crippen LogP contribution < -0.4 is 5.32 Å². The van der Waals surface area contributed by atoms with E-state index in [0.29, 0.717) is 17.9 Å². The molecule has 0 aliphatic carbocycles. The van der Waals surface area contributed by atoms with Gasteiger partial charge in [0, 0.05) is 18.5 Å². The van der Waals surface area contributed by atoms with Gasteiger partial charge in [0.15, 0.2) is 0 Å². The number of allylic oxidation sites excluding steroid dienone is 3. The molecule has 0 heterocycles. The van der Waals surface area contributed by atoms with Crippen LogP contribution in [0.4, 0.5) is 4.39 Å². The monoisotopic (exact) mass is 370 g/mol. The molecular weight excluding hydrogens is 339 g/mol. The predicted octanol–water partition coefficient (Wildman–Crippen LogP) is 5.00. The van der Waals surface area contributed by atoms with Gasteiger partial charge >= 0.3 is 0 Å². The lowest BCUT2D eigenvalue weighted by atomic mass is 9.93. The van der Waals surface area contributed by atoms with Crippen LogP contribution in [0, 0.1) is 12.7 Å². The third kappa shape index (κ3) is 7.79. The molecule has 0 bridgehead atoms. The summed E-state index contributed by atoms with van der Waals surface area (Å²) < 4.78 is 14.0. The lowest BCUT2D eigenvalue weighted by Gasteiger charge is -2.19. The number of nitrogens with one attached hydrogen (secondary N) is 1. The highest BCUT2D eigenvalue weighted by molar-refractivity contribution is 5.89. The van der Waals surface area contributed by atoms with Gasteiger partial charge in [0.1, 0.15) is 11.7 Å². The molecule has 1 unspecified atom stereocenters. The van der Waals surface area contributed by atoms with Gasteiger partial charge < -0.3 is 5.32 Å². The molecule has 1 aromatic rings. The number of benzene rings is 1. The third-order valence-electron chi connectivity index (χ3n) is 4.26. The third-order valence-corrected chi connectivity index (χ3v) is 4.26. The van der Waals surface area contributed by atoms with Crippen molar-refractivity contribution in [1.82, 2.24) is 5.32 Å². The predicted molar refractivity (Wildman–Crippen MR) is 116 cm³/mol. The number of hydrogen-bond acceptors (Lipinski definition) is 3. The zero-order valence-corrected chi connectivity index (χ0v) is 16.9. The van der Waals surface area contributed by atoms with Gasteiger partial charge in [0.05, 0.1) is 6.54 Å². The molecule has 0 aliphatic heterocycles. The number of hydrogen-bond donors (Lipinski definition) is 1. The molecule has 0 spiro atoms. The molecular formula is C22H31FN4. The van der Waals surface area contributed by atoms with Crippen LogP contribution in [0.15, 0.2) is 51.5 Å². The average Bonchev–Trinajstić information content (AvgIpc) is 2.67. The van der Waals surface area contributed by atoms with Gasteiger partial charge in [0.2, 0.25) is 0 Å². The summed E-state index contributed by atoms with van der Waals surface area (Å²) in [6.45, 7) is 9.76. The van der Waals surface area contributed by atoms with Crippen molar-refractivity contribution in [2.75, 3.05) is 13.6 Å². The summed E-state index contributed by atoms with van der Waals surface area (Å²) in [5.74, 6) is 0.425. The van der Waals surface area contributed by atoms with E-state index in [2.05, 4.69) is 33.9 Å². The normalized spacial score (nSPS) is 13.9. The first-order chi connectivity index (χ1) is 13.1. The van der Waals surface area contributed by atoms with Crippen molar-refractivity contribution in [3.05, 3.63) is 59.1 Å². The van der Waals surface area contributed by atoms with E-state index < -0.39 is 0 Å². The largest absolute Gasteiger partial charge is 0.313 e. The molecule has 1 aromatic carbocycles. The average molecular weight is 371 g/mol. The second kappa shape index (κ2) is 12.9. The van der Waals surface area contributed by atoms with Crippen LogP contribution in [0.1, 0.15) is 49.4 Å². The fourth-order valence-corrected chi connectivity index (χ4v) is 2.74. The summed E-state index contributed by atoms with van der Waals surface area (Å²) in [5, 5.41) is 3.26. The van der Waals surface area contributed by atoms with Crippen LogP contribution >= 0.6 is 0 Å². The molecule has 0 saturated carbocycles. The quantitative estimate of drug-likeness (QED) is 0.457. The molecule has 4 nitrogen and oxygen atoms in total. The van der Waals surface area contributed by atoms with Crippen molar-refractivity contribution >= 4 is 18.8 Å². The smallest absolute Gasteiger partial charge is 0.148 e. The Kier molecular flexibility index (Phi) is 10.8. The highest BCUT2D eigenvalue weighted by Crippen LogP contribution is 2.25. The van der Waals surface area contributed by atoms with Gasteiger partial charge in [0.25, 0.3) is 0 Å². The maximum absolute atomic E-state index is 14.0. The number of aryl methyl sites for hydroxylation is 2. The van der Waals surface area contributed by atoms with E-state index in [1.165, 1.54) is 5.56 Å². The number of halogens is 1. The van der Waals surface area contributed by atoms with Crippen LogP contribution in [-0.4, -0.2) is 32.4 Å². The number of rotatable bonds is 10. The summed E-state index contributed by atoms with van der Waals surface area (Å²) in [5.41, 5.74) is 2.88. The first-order valence-corrected chi connectivity index (χ1v) is 9.33. The molecule has 0 amide bonds. The Morgan fingerprint density at radius 2 is 2.15 bits per heavy atom. The number of aliphatic imine (C=N–C) groups is 3. The van der Waals surface area contributed by atoms with Crippen molar-refractivity contribution in [1.29, 1.82) is 0 Å². The van der Waals surface area contributed by atoms with Crippen molar-refractivity contribution in [2.24, 2.45) is 15.0 Å². The van der Waals surface area contributed by atoms with Crippen LogP contribution in [-0.2, 0) is 6.42 Å². The Morgan fingerprint density at radius 3 is 2.78 bits per heavy atom. The van der Waals surface area contributed by atoms with Crippen molar-refractivity contribution in [3.8, 4) is 0 Å². The highest BCUT2D eigenvalue weighted by atomic mass is 19.1. The Morgan fingerprint density at radius 1 is 1.37 bits per heavy atom. The Labute approximate surface area is 162 Å². The van der Waals surface area contributed by atoms with Gasteiger partial charge in [-0.3, -0.25) is 4.99 Å². The van der Waals surface area contributed by atoms with E-state index in [0.717, 1.165) is 24.8 Å². The fraction of sp³-hybridized carbons (Fsp3) is 0.409. The molecule has 0 fully saturated rings. The molecule has 5 heteroatoms. The Hall–Kier alpha value is -2.40. The summed E-state index contributed by atoms with van der Waals surface area (Å²) in [4.78, 5) is 12.4. The van der Waals surface area contributed by atoms with E-state index in [1.54, 1.807) is 25.4 Å². The van der Waals surface area contributed by atoms with Crippen LogP contribution in [0.5, 0.6) is 0 Å². The summed E-state index contributed by atoms with van der Waals surface area (Å²) in [7, 11) is 1.91. The fourth-order valence-electron chi connectivity index (χ4n) is 2.74. The van der Waals surface area contributed by atoms with E-state index in [1.807, 2.05) is 38.3 Å². The van der Waals surface area contributed by atoms with Crippen molar-refractivity contribution < 1.29 is 4.39 Å². The van der Waals surface area contributed by atoms with Crippen LogP contribution in [0.25, 0.3) is 0 Å². The SMILES string of the molecule is C=NC(CN=C/C=C\C)=N/C=C\CCc1cc(C)c(F)cc1C(CC)NC. The van der Waals surface area contributed by atoms with Crippen molar-refractivity contribution in [2.45, 2.75) is 46.1 Å². The number of nitrogens with zero attached hydrogens (tertiary/aromatic N) is 3. The highest BCUT2D eigenvalue weighted by Gasteiger charge is 2.14. The first-order valence-electron chi connectivity index (χ1n) is 9.33. The van der Waals surface area contributed by atoms with Gasteiger partial charge in [-0.1, -0.05) is 25.1 Å². The minimum absolute atomic E-state index is 0.150. The molecule has 27 heavy (non-hydrogen) atoms. The minimum Gasteiger partial charge on any atom is -0.313 e. The lowest BCUT2D eigenvalue weighted by Crippen LogP contribution is -2.17. The van der Waals surface area contributed by atoms with Crippen molar-refractivity contribution in [3.63, 3.8) is 0 Å². The van der Waals surface area contributed by atoms with E-state index >= 15 is 0 Å². The summed E-state index contributed by atoms with van der Waals surface area (Å²) >= 11 is 0. The first kappa shape index (κ1) is 22.6. The summed E-state index contributed by atoms with van der Waals surface area (Å²) in [6, 6.07) is 3.78. The van der Waals surface area contributed by atoms with E-state index in [4.69, 9.17) is 0 Å². The van der Waals surface area contributed by atoms with Crippen LogP contribution in [0.2, 0.25) is 0 Å². The second-order valence-electron chi connectivity index (χ2n) is 6.19. The van der Waals surface area contributed by atoms with Gasteiger partial charge in [-0.15, -0.1) is 0 Å². The van der Waals surface area contributed by atoms with Gasteiger partial charge in [-0.25, -0.2) is 14.4 Å². The molecule has 0 aliphatic rings. The molecule has 0 aromatic heterocycles. The molecule has 0 saturated heterocycles. The Bertz CT molecular complexity index is 713. The maximum Gasteiger partial charge on any atom is 0.148 e. The molecule has 1 atom stereocenters. The van der Waals surface area contributed by atoms with E-state index in [-0.39, 0.29) is 11.9 Å². The molecule has 146 valence electrons. The number of amidine groups is 1. The Balaban J connectivity index is 2.77. The van der Waals surface area contributed by atoms with Gasteiger partial charge in [-0.2, -0.15) is 0 Å². The van der Waals surface area contributed by atoms with Gasteiger partial charge in [-0.05, 0) is 75.7 Å². The van der Waals surface area contributed by atoms with Crippen LogP contribution in [0.3, 0.4) is 0 Å². The zero-order valence-electron chi connectivity index (χ0n) is 16.9. The van der Waals surface area contributed by atoms with E-state index in [9.17, 15) is 4.39 Å². The topological polar surface area (TPSA) is 49.1 Å². The second-order valence-corrected chi connectivity index (χ2v) is 6.19. The molecule has 1 rings (SSSR count). The minimum atomic E-state index is -0.150. The molecule has 1 N–H and O–H groups in total. The zero-order chi connectivity index (χ0) is 20.1. The molecule has 0 radical (unpaired) electrons. The lowest BCUT2D eigenvalue weighted by molar-refractivity contribution is 0.557. The standard InChI is InChI=1S/C22H31FN4/c1-6-8-12-26-16-22(25-5)27-13-10-9-11-18-14-17(3)20(23)15-19(18)21(7-2)24-4/h6,8,10,12-15,21,24H,5,7,9,11,16H2,1-4H3/b8-6-,13-10-,26-12?,27-22?. The summed E-state index contributed by atoms with van der Waals surface area (Å²) in [6.07, 6.45) is 11.8.